The number of carbonyl (C=O) groups excluding carboxylic acids is 2. The van der Waals surface area contributed by atoms with Gasteiger partial charge in [0.05, 0.1) is 10.7 Å². The molecule has 1 aromatic rings. The molecule has 18 heavy (non-hydrogen) atoms. The lowest BCUT2D eigenvalue weighted by atomic mass is 10.2. The largest absolute Gasteiger partial charge is 0.399 e. The third kappa shape index (κ3) is 1.59. The number of morpholine rings is 1. The summed E-state index contributed by atoms with van der Waals surface area (Å²) in [4.78, 5) is 25.4. The highest BCUT2D eigenvalue weighted by Gasteiger charge is 2.47. The van der Waals surface area contributed by atoms with Gasteiger partial charge in [0.25, 0.3) is 11.8 Å². The molecular formula is C12H11ClN2O3. The fourth-order valence-corrected chi connectivity index (χ4v) is 2.54. The van der Waals surface area contributed by atoms with Crippen molar-refractivity contribution in [3.8, 4) is 0 Å². The van der Waals surface area contributed by atoms with Crippen LogP contribution in [0.2, 0.25) is 5.02 Å². The van der Waals surface area contributed by atoms with Gasteiger partial charge in [-0.05, 0) is 31.0 Å². The van der Waals surface area contributed by atoms with Crippen LogP contribution in [0.25, 0.3) is 0 Å². The first-order chi connectivity index (χ1) is 8.58. The zero-order valence-corrected chi connectivity index (χ0v) is 10.2. The van der Waals surface area contributed by atoms with Gasteiger partial charge in [-0.15, -0.1) is 0 Å². The molecule has 0 radical (unpaired) electrons. The Morgan fingerprint density at radius 3 is 2.44 bits per heavy atom. The van der Waals surface area contributed by atoms with Crippen molar-refractivity contribution in [1.29, 1.82) is 0 Å². The van der Waals surface area contributed by atoms with E-state index in [1.54, 1.807) is 12.1 Å². The van der Waals surface area contributed by atoms with Crippen molar-refractivity contribution in [1.82, 2.24) is 0 Å². The van der Waals surface area contributed by atoms with Gasteiger partial charge in [-0.2, -0.15) is 0 Å². The van der Waals surface area contributed by atoms with Gasteiger partial charge in [-0.3, -0.25) is 9.59 Å². The molecule has 2 unspecified atom stereocenters. The number of benzene rings is 1. The molecule has 2 N–H and O–H groups in total. The SMILES string of the molecule is Nc1ccc(Cl)c(N2C(=O)C3CCC(O3)C2=O)c1. The number of carbonyl (C=O) groups is 2. The van der Waals surface area contributed by atoms with Crippen molar-refractivity contribution in [2.75, 3.05) is 10.6 Å². The van der Waals surface area contributed by atoms with Gasteiger partial charge in [0.1, 0.15) is 12.2 Å². The molecule has 0 aromatic heterocycles. The van der Waals surface area contributed by atoms with Crippen molar-refractivity contribution in [2.45, 2.75) is 25.0 Å². The molecule has 5 nitrogen and oxygen atoms in total. The van der Waals surface area contributed by atoms with Gasteiger partial charge in [-0.25, -0.2) is 4.90 Å². The monoisotopic (exact) mass is 266 g/mol. The number of nitrogens with zero attached hydrogens (tertiary/aromatic N) is 1. The number of nitrogen functional groups attached to an aromatic ring is 1. The van der Waals surface area contributed by atoms with Gasteiger partial charge >= 0.3 is 0 Å². The van der Waals surface area contributed by atoms with Crippen LogP contribution in [0.3, 0.4) is 0 Å². The smallest absolute Gasteiger partial charge is 0.263 e. The summed E-state index contributed by atoms with van der Waals surface area (Å²) in [7, 11) is 0. The van der Waals surface area contributed by atoms with Crippen LogP contribution in [0, 0.1) is 0 Å². The van der Waals surface area contributed by atoms with E-state index >= 15 is 0 Å². The summed E-state index contributed by atoms with van der Waals surface area (Å²) in [5.41, 5.74) is 6.46. The second-order valence-corrected chi connectivity index (χ2v) is 4.82. The molecule has 6 heteroatoms. The zero-order valence-electron chi connectivity index (χ0n) is 9.43. The minimum absolute atomic E-state index is 0.326. The second kappa shape index (κ2) is 3.96. The van der Waals surface area contributed by atoms with Crippen molar-refractivity contribution < 1.29 is 14.3 Å². The van der Waals surface area contributed by atoms with Crippen LogP contribution in [0.5, 0.6) is 0 Å². The molecule has 2 saturated heterocycles. The highest BCUT2D eigenvalue weighted by atomic mass is 35.5. The van der Waals surface area contributed by atoms with Gasteiger partial charge in [-0.1, -0.05) is 11.6 Å². The summed E-state index contributed by atoms with van der Waals surface area (Å²) in [5.74, 6) is -0.720. The third-order valence-corrected chi connectivity index (χ3v) is 3.54. The molecule has 2 bridgehead atoms. The van der Waals surface area contributed by atoms with Crippen LogP contribution in [-0.4, -0.2) is 24.0 Å². The normalized spacial score (nSPS) is 26.8. The highest BCUT2D eigenvalue weighted by Crippen LogP contribution is 2.35. The number of hydrogen-bond acceptors (Lipinski definition) is 4. The third-order valence-electron chi connectivity index (χ3n) is 3.22. The first-order valence-corrected chi connectivity index (χ1v) is 6.04. The first-order valence-electron chi connectivity index (χ1n) is 5.66. The zero-order chi connectivity index (χ0) is 12.9. The number of imide groups is 1. The lowest BCUT2D eigenvalue weighted by Crippen LogP contribution is -2.52. The molecule has 2 aliphatic rings. The number of amides is 2. The van der Waals surface area contributed by atoms with E-state index < -0.39 is 12.2 Å². The first kappa shape index (κ1) is 11.5. The number of ether oxygens (including phenoxy) is 1. The molecule has 94 valence electrons. The standard InChI is InChI=1S/C12H11ClN2O3/c13-7-2-1-6(14)5-8(7)15-11(16)9-3-4-10(18-9)12(15)17/h1-2,5,9-10H,3-4,14H2. The van der Waals surface area contributed by atoms with Crippen LogP contribution in [0.4, 0.5) is 11.4 Å². The lowest BCUT2D eigenvalue weighted by Gasteiger charge is -2.30. The highest BCUT2D eigenvalue weighted by molar-refractivity contribution is 6.35. The Kier molecular flexibility index (Phi) is 2.53. The Bertz CT molecular complexity index is 524. The summed E-state index contributed by atoms with van der Waals surface area (Å²) in [6.45, 7) is 0. The van der Waals surface area contributed by atoms with Gasteiger partial charge < -0.3 is 10.5 Å². The number of nitrogens with two attached hydrogens (primary N) is 1. The van der Waals surface area contributed by atoms with Crippen LogP contribution < -0.4 is 10.6 Å². The van der Waals surface area contributed by atoms with Crippen LogP contribution in [0.15, 0.2) is 18.2 Å². The fourth-order valence-electron chi connectivity index (χ4n) is 2.34. The average molecular weight is 267 g/mol. The predicted octanol–water partition coefficient (Wildman–Crippen LogP) is 1.34. The number of fused-ring (bicyclic) bond motifs is 2. The van der Waals surface area contributed by atoms with Crippen LogP contribution in [0.1, 0.15) is 12.8 Å². The summed E-state index contributed by atoms with van der Waals surface area (Å²) in [6.07, 6.45) is 0.0764. The number of anilines is 2. The average Bonchev–Trinajstić information content (AvgIpc) is 2.78. The molecule has 0 saturated carbocycles. The number of halogens is 1. The molecule has 0 spiro atoms. The fraction of sp³-hybridized carbons (Fsp3) is 0.333. The molecule has 2 heterocycles. The van der Waals surface area contributed by atoms with Crippen molar-refractivity contribution in [3.63, 3.8) is 0 Å². The van der Waals surface area contributed by atoms with E-state index in [1.807, 2.05) is 0 Å². The molecule has 2 aliphatic heterocycles. The van der Waals surface area contributed by atoms with E-state index in [-0.39, 0.29) is 11.8 Å². The Morgan fingerprint density at radius 2 is 1.83 bits per heavy atom. The summed E-state index contributed by atoms with van der Waals surface area (Å²) in [5, 5.41) is 0.326. The number of rotatable bonds is 1. The maximum absolute atomic E-state index is 12.1. The van der Waals surface area contributed by atoms with E-state index in [0.29, 0.717) is 29.2 Å². The molecule has 1 aromatic carbocycles. The Balaban J connectivity index is 2.07. The molecule has 2 amide bonds. The van der Waals surface area contributed by atoms with E-state index in [9.17, 15) is 9.59 Å². The van der Waals surface area contributed by atoms with Gasteiger partial charge in [0, 0.05) is 5.69 Å². The van der Waals surface area contributed by atoms with Gasteiger partial charge in [0.15, 0.2) is 0 Å². The second-order valence-electron chi connectivity index (χ2n) is 4.41. The Labute approximate surface area is 108 Å². The van der Waals surface area contributed by atoms with E-state index in [4.69, 9.17) is 22.1 Å². The maximum Gasteiger partial charge on any atom is 0.263 e. The van der Waals surface area contributed by atoms with Crippen molar-refractivity contribution in [2.24, 2.45) is 0 Å². The minimum Gasteiger partial charge on any atom is -0.399 e. The van der Waals surface area contributed by atoms with E-state index in [1.165, 1.54) is 6.07 Å². The Hall–Kier alpha value is -1.59. The van der Waals surface area contributed by atoms with Crippen LogP contribution in [-0.2, 0) is 14.3 Å². The van der Waals surface area contributed by atoms with E-state index in [0.717, 1.165) is 4.90 Å². The van der Waals surface area contributed by atoms with E-state index in [2.05, 4.69) is 0 Å². The minimum atomic E-state index is -0.537. The summed E-state index contributed by atoms with van der Waals surface area (Å²) in [6, 6.07) is 4.73. The molecular weight excluding hydrogens is 256 g/mol. The Morgan fingerprint density at radius 1 is 1.22 bits per heavy atom. The van der Waals surface area contributed by atoms with Crippen molar-refractivity contribution >= 4 is 34.8 Å². The van der Waals surface area contributed by atoms with Gasteiger partial charge in [0.2, 0.25) is 0 Å². The number of hydrogen-bond donors (Lipinski definition) is 1. The topological polar surface area (TPSA) is 72.6 Å². The lowest BCUT2D eigenvalue weighted by molar-refractivity contribution is -0.146. The maximum atomic E-state index is 12.1. The summed E-state index contributed by atoms with van der Waals surface area (Å²) < 4.78 is 5.33. The quantitative estimate of drug-likeness (QED) is 0.615. The molecule has 2 atom stereocenters. The van der Waals surface area contributed by atoms with Crippen LogP contribution >= 0.6 is 11.6 Å². The molecule has 3 rings (SSSR count). The molecule has 2 fully saturated rings. The molecule has 0 aliphatic carbocycles. The predicted molar refractivity (Wildman–Crippen MR) is 66.3 cm³/mol. The van der Waals surface area contributed by atoms with Crippen molar-refractivity contribution in [3.05, 3.63) is 23.2 Å². The summed E-state index contributed by atoms with van der Waals surface area (Å²) >= 11 is 6.03.